The SMILES string of the molecule is CCO[PH]1=NP=NP=N1. The van der Waals surface area contributed by atoms with Gasteiger partial charge in [0.1, 0.15) is 0 Å². The smallest absolute Gasteiger partial charge is 0.200 e. The topological polar surface area (TPSA) is 46.3 Å². The predicted octanol–water partition coefficient (Wildman–Crippen LogP) is 3.35. The normalized spacial score (nSPS) is 27.4. The standard InChI is InChI=1S/C2H6N3OP3/c1-2-6-9-4-7-3-8-5-9/h9H,2H2,1H3. The van der Waals surface area contributed by atoms with Gasteiger partial charge in [-0.05, 0) is 6.92 Å². The fourth-order valence-electron chi connectivity index (χ4n) is 0.341. The van der Waals surface area contributed by atoms with Gasteiger partial charge in [-0.15, -0.1) is 0 Å². The third-order valence-corrected chi connectivity index (χ3v) is 3.89. The first-order chi connectivity index (χ1) is 4.43. The molecule has 0 aromatic carbocycles. The van der Waals surface area contributed by atoms with E-state index in [1.165, 1.54) is 0 Å². The first-order valence-electron chi connectivity index (χ1n) is 2.45. The summed E-state index contributed by atoms with van der Waals surface area (Å²) in [6, 6.07) is 0. The molecule has 1 aliphatic heterocycles. The van der Waals surface area contributed by atoms with Crippen molar-refractivity contribution in [2.24, 2.45) is 13.5 Å². The molecule has 7 heteroatoms. The second-order valence-electron chi connectivity index (χ2n) is 1.18. The van der Waals surface area contributed by atoms with Crippen molar-refractivity contribution in [2.75, 3.05) is 6.61 Å². The van der Waals surface area contributed by atoms with Crippen LogP contribution in [0.1, 0.15) is 6.92 Å². The van der Waals surface area contributed by atoms with E-state index in [1.54, 1.807) is 0 Å². The predicted molar refractivity (Wildman–Crippen MR) is 41.1 cm³/mol. The summed E-state index contributed by atoms with van der Waals surface area (Å²) in [5.74, 6) is 0. The van der Waals surface area contributed by atoms with Crippen molar-refractivity contribution in [1.29, 1.82) is 0 Å². The molecule has 9 heavy (non-hydrogen) atoms. The summed E-state index contributed by atoms with van der Waals surface area (Å²) in [6.45, 7) is 2.65. The molecule has 1 aliphatic rings. The van der Waals surface area contributed by atoms with Gasteiger partial charge >= 0.3 is 0 Å². The van der Waals surface area contributed by atoms with Crippen LogP contribution in [-0.4, -0.2) is 6.61 Å². The second-order valence-corrected chi connectivity index (χ2v) is 4.71. The Balaban J connectivity index is 2.51. The Morgan fingerprint density at radius 1 is 1.56 bits per heavy atom. The van der Waals surface area contributed by atoms with Gasteiger partial charge < -0.3 is 4.52 Å². The molecule has 0 spiro atoms. The molecule has 0 aromatic rings. The molecule has 50 valence electrons. The lowest BCUT2D eigenvalue weighted by Gasteiger charge is -1.98. The van der Waals surface area contributed by atoms with Crippen LogP contribution in [0.3, 0.4) is 0 Å². The third-order valence-electron chi connectivity index (χ3n) is 0.614. The van der Waals surface area contributed by atoms with Crippen LogP contribution in [0, 0.1) is 0 Å². The number of rotatable bonds is 2. The van der Waals surface area contributed by atoms with Crippen molar-refractivity contribution in [3.05, 3.63) is 0 Å². The van der Waals surface area contributed by atoms with E-state index in [-0.39, 0.29) is 0 Å². The molecule has 0 aromatic heterocycles. The van der Waals surface area contributed by atoms with E-state index in [4.69, 9.17) is 4.52 Å². The molecule has 1 rings (SSSR count). The average Bonchev–Trinajstić information content (AvgIpc) is 1.91. The van der Waals surface area contributed by atoms with Crippen LogP contribution in [0.5, 0.6) is 0 Å². The van der Waals surface area contributed by atoms with E-state index in [0.29, 0.717) is 6.61 Å². The average molecular weight is 181 g/mol. The van der Waals surface area contributed by atoms with Gasteiger partial charge in [0.15, 0.2) is 25.1 Å². The van der Waals surface area contributed by atoms with Crippen LogP contribution in [0.2, 0.25) is 0 Å². The molecule has 0 aliphatic carbocycles. The van der Waals surface area contributed by atoms with E-state index in [2.05, 4.69) is 13.5 Å². The largest absolute Gasteiger partial charge is 0.329 e. The highest BCUT2D eigenvalue weighted by Crippen LogP contribution is 2.41. The molecule has 1 unspecified atom stereocenters. The van der Waals surface area contributed by atoms with Crippen LogP contribution in [0.25, 0.3) is 0 Å². The summed E-state index contributed by atoms with van der Waals surface area (Å²) in [5, 5.41) is 0. The molecule has 0 radical (unpaired) electrons. The monoisotopic (exact) mass is 181 g/mol. The highest BCUT2D eigenvalue weighted by molar-refractivity contribution is 7.56. The Kier molecular flexibility index (Phi) is 3.54. The number of hydrogen-bond donors (Lipinski definition) is 0. The lowest BCUT2D eigenvalue weighted by atomic mass is 10.9. The Morgan fingerprint density at radius 3 is 3.00 bits per heavy atom. The van der Waals surface area contributed by atoms with Gasteiger partial charge in [-0.25, -0.2) is 0 Å². The highest BCUT2D eigenvalue weighted by Gasteiger charge is 1.92. The van der Waals surface area contributed by atoms with Crippen LogP contribution >= 0.6 is 25.1 Å². The van der Waals surface area contributed by atoms with Crippen molar-refractivity contribution >= 4 is 25.1 Å². The Hall–Kier alpha value is 0.390. The summed E-state index contributed by atoms with van der Waals surface area (Å²) < 4.78 is 17.1. The summed E-state index contributed by atoms with van der Waals surface area (Å²) in [6.07, 6.45) is 0. The van der Waals surface area contributed by atoms with Crippen LogP contribution in [0.15, 0.2) is 13.5 Å². The van der Waals surface area contributed by atoms with E-state index in [9.17, 15) is 0 Å². The second kappa shape index (κ2) is 4.24. The Morgan fingerprint density at radius 2 is 2.44 bits per heavy atom. The summed E-state index contributed by atoms with van der Waals surface area (Å²) in [4.78, 5) is 0. The molecule has 0 amide bonds. The molecule has 0 fully saturated rings. The number of hydrogen-bond acceptors (Lipinski definition) is 4. The molecular formula is C2H6N3OP3. The lowest BCUT2D eigenvalue weighted by Crippen LogP contribution is -1.72. The van der Waals surface area contributed by atoms with Crippen LogP contribution < -0.4 is 0 Å². The molecule has 0 bridgehead atoms. The number of nitrogens with zero attached hydrogens (tertiary/aromatic N) is 3. The maximum absolute atomic E-state index is 5.18. The van der Waals surface area contributed by atoms with Crippen molar-refractivity contribution in [3.8, 4) is 0 Å². The first kappa shape index (κ1) is 7.50. The van der Waals surface area contributed by atoms with Crippen molar-refractivity contribution < 1.29 is 4.52 Å². The van der Waals surface area contributed by atoms with E-state index < -0.39 is 8.09 Å². The van der Waals surface area contributed by atoms with Gasteiger partial charge in [0.2, 0.25) is 0 Å². The van der Waals surface area contributed by atoms with E-state index in [1.807, 2.05) is 6.92 Å². The molecule has 1 heterocycles. The summed E-state index contributed by atoms with van der Waals surface area (Å²) >= 11 is 0. The lowest BCUT2D eigenvalue weighted by molar-refractivity contribution is 0.385. The van der Waals surface area contributed by atoms with Gasteiger partial charge in [0.05, 0.1) is 6.61 Å². The molecular weight excluding hydrogens is 175 g/mol. The third kappa shape index (κ3) is 2.64. The van der Waals surface area contributed by atoms with Gasteiger partial charge in [0, 0.05) is 0 Å². The summed E-state index contributed by atoms with van der Waals surface area (Å²) in [7, 11) is 0.396. The molecule has 4 nitrogen and oxygen atoms in total. The minimum atomic E-state index is -1.17. The van der Waals surface area contributed by atoms with E-state index in [0.717, 1.165) is 17.0 Å². The molecule has 0 saturated carbocycles. The van der Waals surface area contributed by atoms with Crippen LogP contribution in [0.4, 0.5) is 0 Å². The van der Waals surface area contributed by atoms with Crippen molar-refractivity contribution in [2.45, 2.75) is 6.92 Å². The quantitative estimate of drug-likeness (QED) is 0.602. The summed E-state index contributed by atoms with van der Waals surface area (Å²) in [5.41, 5.74) is 0. The van der Waals surface area contributed by atoms with Crippen molar-refractivity contribution in [3.63, 3.8) is 0 Å². The fourth-order valence-corrected chi connectivity index (χ4v) is 3.38. The zero-order valence-electron chi connectivity index (χ0n) is 4.85. The minimum absolute atomic E-state index is 0.701. The fraction of sp³-hybridized carbons (Fsp3) is 1.00. The van der Waals surface area contributed by atoms with Gasteiger partial charge in [-0.3, -0.25) is 0 Å². The Labute approximate surface area is 57.5 Å². The zero-order chi connectivity index (χ0) is 6.53. The minimum Gasteiger partial charge on any atom is -0.329 e. The highest BCUT2D eigenvalue weighted by atomic mass is 31.2. The maximum atomic E-state index is 5.18. The Bertz CT molecular complexity index is 176. The van der Waals surface area contributed by atoms with Gasteiger partial charge in [-0.2, -0.15) is 13.5 Å². The van der Waals surface area contributed by atoms with Gasteiger partial charge in [-0.1, -0.05) is 0 Å². The molecule has 0 N–H and O–H groups in total. The first-order valence-corrected chi connectivity index (χ1v) is 5.35. The zero-order valence-corrected chi connectivity index (χ0v) is 7.64. The van der Waals surface area contributed by atoms with Gasteiger partial charge in [0.25, 0.3) is 0 Å². The van der Waals surface area contributed by atoms with E-state index >= 15 is 0 Å². The molecule has 0 saturated heterocycles. The van der Waals surface area contributed by atoms with Crippen molar-refractivity contribution in [1.82, 2.24) is 0 Å². The maximum Gasteiger partial charge on any atom is 0.200 e. The molecule has 1 atom stereocenters. The van der Waals surface area contributed by atoms with Crippen LogP contribution in [-0.2, 0) is 4.52 Å².